The maximum atomic E-state index is 12.4. The molecule has 0 fully saturated rings. The van der Waals surface area contributed by atoms with Gasteiger partial charge >= 0.3 is 0 Å². The van der Waals surface area contributed by atoms with Crippen LogP contribution in [0, 0.1) is 0 Å². The van der Waals surface area contributed by atoms with Crippen LogP contribution in [-0.4, -0.2) is 28.2 Å². The first-order valence-electron chi connectivity index (χ1n) is 6.68. The molecule has 0 radical (unpaired) electrons. The Morgan fingerprint density at radius 3 is 2.68 bits per heavy atom. The summed E-state index contributed by atoms with van der Waals surface area (Å²) in [7, 11) is 1.54. The fraction of sp³-hybridized carbons (Fsp3) is 0.0625. The molecule has 6 heteroatoms. The number of nitrogens with zero attached hydrogens (tertiary/aromatic N) is 2. The molecule has 3 rings (SSSR count). The number of rotatable bonds is 4. The third-order valence-electron chi connectivity index (χ3n) is 3.14. The smallest absolute Gasteiger partial charge is 0.276 e. The number of aromatic amines is 1. The summed E-state index contributed by atoms with van der Waals surface area (Å²) < 4.78 is 4.98. The number of carbonyl (C=O) groups is 1. The molecule has 0 bridgehead atoms. The molecule has 1 aromatic carbocycles. The van der Waals surface area contributed by atoms with Gasteiger partial charge in [-0.05, 0) is 11.6 Å². The Kier molecular flexibility index (Phi) is 3.82. The molecule has 1 amide bonds. The molecule has 0 atom stereocenters. The summed E-state index contributed by atoms with van der Waals surface area (Å²) in [5, 5.41) is 9.54. The lowest BCUT2D eigenvalue weighted by Gasteiger charge is -2.05. The summed E-state index contributed by atoms with van der Waals surface area (Å²) in [6.07, 6.45) is 3.24. The van der Waals surface area contributed by atoms with Crippen molar-refractivity contribution in [2.75, 3.05) is 12.4 Å². The topological polar surface area (TPSA) is 79.9 Å². The Morgan fingerprint density at radius 1 is 1.18 bits per heavy atom. The molecule has 2 N–H and O–H groups in total. The summed E-state index contributed by atoms with van der Waals surface area (Å²) in [6.45, 7) is 0. The van der Waals surface area contributed by atoms with Gasteiger partial charge in [0.25, 0.3) is 5.91 Å². The predicted octanol–water partition coefficient (Wildman–Crippen LogP) is 2.73. The minimum absolute atomic E-state index is 0.299. The number of aromatic nitrogens is 3. The van der Waals surface area contributed by atoms with Gasteiger partial charge in [-0.15, -0.1) is 0 Å². The van der Waals surface area contributed by atoms with Crippen LogP contribution < -0.4 is 10.1 Å². The quantitative estimate of drug-likeness (QED) is 0.775. The number of carbonyl (C=O) groups excluding carboxylic acids is 1. The van der Waals surface area contributed by atoms with Gasteiger partial charge in [-0.25, -0.2) is 4.98 Å². The number of H-pyrrole nitrogens is 1. The van der Waals surface area contributed by atoms with E-state index in [1.165, 1.54) is 13.3 Å². The van der Waals surface area contributed by atoms with Crippen molar-refractivity contribution in [3.05, 3.63) is 60.6 Å². The molecule has 0 aliphatic rings. The summed E-state index contributed by atoms with van der Waals surface area (Å²) in [4.78, 5) is 16.4. The van der Waals surface area contributed by atoms with Gasteiger partial charge in [0, 0.05) is 17.8 Å². The fourth-order valence-electron chi connectivity index (χ4n) is 2.07. The molecule has 0 spiro atoms. The Labute approximate surface area is 127 Å². The van der Waals surface area contributed by atoms with Crippen LogP contribution in [0.15, 0.2) is 54.9 Å². The van der Waals surface area contributed by atoms with Crippen LogP contribution in [0.3, 0.4) is 0 Å². The first-order valence-corrected chi connectivity index (χ1v) is 6.68. The molecule has 2 aromatic heterocycles. The number of ether oxygens (including phenoxy) is 1. The zero-order chi connectivity index (χ0) is 15.4. The number of benzene rings is 1. The van der Waals surface area contributed by atoms with Gasteiger partial charge in [-0.3, -0.25) is 9.89 Å². The Hall–Kier alpha value is -3.15. The van der Waals surface area contributed by atoms with Crippen molar-refractivity contribution in [1.82, 2.24) is 15.2 Å². The Balaban J connectivity index is 1.82. The van der Waals surface area contributed by atoms with E-state index in [1.54, 1.807) is 18.3 Å². The largest absolute Gasteiger partial charge is 0.481 e. The molecule has 0 saturated carbocycles. The van der Waals surface area contributed by atoms with Crippen molar-refractivity contribution in [3.63, 3.8) is 0 Å². The van der Waals surface area contributed by atoms with E-state index in [1.807, 2.05) is 30.3 Å². The van der Waals surface area contributed by atoms with Crippen LogP contribution >= 0.6 is 0 Å². The number of hydrogen-bond acceptors (Lipinski definition) is 4. The average Bonchev–Trinajstić information content (AvgIpc) is 3.06. The van der Waals surface area contributed by atoms with Crippen LogP contribution in [-0.2, 0) is 0 Å². The van der Waals surface area contributed by atoms with Gasteiger partial charge in [-0.2, -0.15) is 5.10 Å². The molecular formula is C16H14N4O2. The van der Waals surface area contributed by atoms with Gasteiger partial charge in [0.2, 0.25) is 5.88 Å². The normalized spacial score (nSPS) is 10.2. The van der Waals surface area contributed by atoms with E-state index in [0.717, 1.165) is 11.1 Å². The third kappa shape index (κ3) is 2.80. The molecule has 22 heavy (non-hydrogen) atoms. The highest BCUT2D eigenvalue weighted by atomic mass is 16.5. The van der Waals surface area contributed by atoms with E-state index in [9.17, 15) is 4.79 Å². The van der Waals surface area contributed by atoms with Crippen molar-refractivity contribution < 1.29 is 9.53 Å². The number of amides is 1. The van der Waals surface area contributed by atoms with Crippen molar-refractivity contribution in [1.29, 1.82) is 0 Å². The van der Waals surface area contributed by atoms with E-state index in [2.05, 4.69) is 20.5 Å². The van der Waals surface area contributed by atoms with E-state index in [4.69, 9.17) is 4.74 Å². The Bertz CT molecular complexity index is 766. The van der Waals surface area contributed by atoms with E-state index in [0.29, 0.717) is 17.3 Å². The molecule has 6 nitrogen and oxygen atoms in total. The fourth-order valence-corrected chi connectivity index (χ4v) is 2.07. The molecule has 0 saturated heterocycles. The Morgan fingerprint density at radius 2 is 2.00 bits per heavy atom. The number of methoxy groups -OCH3 is 1. The summed E-state index contributed by atoms with van der Waals surface area (Å²) in [5.41, 5.74) is 2.59. The van der Waals surface area contributed by atoms with E-state index >= 15 is 0 Å². The van der Waals surface area contributed by atoms with Crippen LogP contribution in [0.4, 0.5) is 5.69 Å². The second-order valence-corrected chi connectivity index (χ2v) is 4.56. The predicted molar refractivity (Wildman–Crippen MR) is 82.8 cm³/mol. The highest BCUT2D eigenvalue weighted by Gasteiger charge is 2.16. The second kappa shape index (κ2) is 6.09. The molecule has 3 aromatic rings. The van der Waals surface area contributed by atoms with Gasteiger partial charge in [0.15, 0.2) is 5.69 Å². The standard InChI is InChI=1S/C16H14N4O2/c1-22-14-8-7-12(9-17-14)19-16(21)15-13(10-18-20-15)11-5-3-2-4-6-11/h2-10H,1H3,(H,18,20)(H,19,21). The number of nitrogens with one attached hydrogen (secondary N) is 2. The summed E-state index contributed by atoms with van der Waals surface area (Å²) >= 11 is 0. The highest BCUT2D eigenvalue weighted by molar-refractivity contribution is 6.07. The zero-order valence-corrected chi connectivity index (χ0v) is 11.9. The second-order valence-electron chi connectivity index (χ2n) is 4.56. The average molecular weight is 294 g/mol. The molecule has 2 heterocycles. The van der Waals surface area contributed by atoms with Crippen LogP contribution in [0.1, 0.15) is 10.5 Å². The van der Waals surface area contributed by atoms with Crippen molar-refractivity contribution in [2.45, 2.75) is 0 Å². The van der Waals surface area contributed by atoms with Crippen molar-refractivity contribution in [2.24, 2.45) is 0 Å². The van der Waals surface area contributed by atoms with E-state index < -0.39 is 0 Å². The van der Waals surface area contributed by atoms with Crippen LogP contribution in [0.5, 0.6) is 5.88 Å². The maximum Gasteiger partial charge on any atom is 0.276 e. The van der Waals surface area contributed by atoms with E-state index in [-0.39, 0.29) is 5.91 Å². The molecule has 0 aliphatic heterocycles. The lowest BCUT2D eigenvalue weighted by Crippen LogP contribution is -2.13. The van der Waals surface area contributed by atoms with Crippen LogP contribution in [0.25, 0.3) is 11.1 Å². The first kappa shape index (κ1) is 13.8. The lowest BCUT2D eigenvalue weighted by atomic mass is 10.1. The minimum atomic E-state index is -0.299. The monoisotopic (exact) mass is 294 g/mol. The zero-order valence-electron chi connectivity index (χ0n) is 11.9. The van der Waals surface area contributed by atoms with Crippen molar-refractivity contribution >= 4 is 11.6 Å². The third-order valence-corrected chi connectivity index (χ3v) is 3.14. The lowest BCUT2D eigenvalue weighted by molar-refractivity contribution is 0.102. The first-order chi connectivity index (χ1) is 10.8. The molecule has 0 aliphatic carbocycles. The molecule has 110 valence electrons. The van der Waals surface area contributed by atoms with Crippen LogP contribution in [0.2, 0.25) is 0 Å². The van der Waals surface area contributed by atoms with Gasteiger partial charge in [0.05, 0.1) is 19.0 Å². The van der Waals surface area contributed by atoms with Gasteiger partial charge < -0.3 is 10.1 Å². The summed E-state index contributed by atoms with van der Waals surface area (Å²) in [6, 6.07) is 13.0. The number of hydrogen-bond donors (Lipinski definition) is 2. The van der Waals surface area contributed by atoms with Crippen molar-refractivity contribution in [3.8, 4) is 17.0 Å². The highest BCUT2D eigenvalue weighted by Crippen LogP contribution is 2.22. The number of pyridine rings is 1. The number of anilines is 1. The van der Waals surface area contributed by atoms with Gasteiger partial charge in [0.1, 0.15) is 0 Å². The molecular weight excluding hydrogens is 280 g/mol. The van der Waals surface area contributed by atoms with Gasteiger partial charge in [-0.1, -0.05) is 30.3 Å². The summed E-state index contributed by atoms with van der Waals surface area (Å²) in [5.74, 6) is 0.190. The minimum Gasteiger partial charge on any atom is -0.481 e. The molecule has 0 unspecified atom stereocenters. The maximum absolute atomic E-state index is 12.4. The SMILES string of the molecule is COc1ccc(NC(=O)c2n[nH]cc2-c2ccccc2)cn1.